The van der Waals surface area contributed by atoms with Gasteiger partial charge in [-0.2, -0.15) is 0 Å². The highest BCUT2D eigenvalue weighted by Crippen LogP contribution is 2.22. The third-order valence-electron chi connectivity index (χ3n) is 5.18. The quantitative estimate of drug-likeness (QED) is 0.870. The smallest absolute Gasteiger partial charge is 0.270 e. The predicted molar refractivity (Wildman–Crippen MR) is 91.6 cm³/mol. The molecule has 1 amide bonds. The lowest BCUT2D eigenvalue weighted by Crippen LogP contribution is -2.36. The number of anilines is 1. The van der Waals surface area contributed by atoms with Gasteiger partial charge < -0.3 is 10.2 Å². The van der Waals surface area contributed by atoms with Crippen LogP contribution in [0.1, 0.15) is 68.8 Å². The normalized spacial score (nSPS) is 21.0. The first-order valence-electron chi connectivity index (χ1n) is 9.10. The maximum Gasteiger partial charge on any atom is 0.270 e. The molecule has 1 N–H and O–H groups in total. The molecule has 1 aromatic rings. The second-order valence-corrected chi connectivity index (χ2v) is 7.09. The first-order valence-corrected chi connectivity index (χ1v) is 9.10. The van der Waals surface area contributed by atoms with Crippen molar-refractivity contribution in [2.24, 2.45) is 5.92 Å². The average Bonchev–Trinajstić information content (AvgIpc) is 2.84. The molecule has 0 aromatic carbocycles. The number of hydrogen-bond acceptors (Lipinski definition) is 4. The van der Waals surface area contributed by atoms with Gasteiger partial charge in [0.2, 0.25) is 0 Å². The van der Waals surface area contributed by atoms with Crippen LogP contribution in [-0.2, 0) is 0 Å². The van der Waals surface area contributed by atoms with E-state index in [2.05, 4.69) is 27.1 Å². The monoisotopic (exact) mass is 316 g/mol. The van der Waals surface area contributed by atoms with Crippen molar-refractivity contribution in [2.75, 3.05) is 18.0 Å². The largest absolute Gasteiger partial charge is 0.356 e. The second-order valence-electron chi connectivity index (χ2n) is 7.09. The molecule has 0 atom stereocenters. The molecule has 2 fully saturated rings. The van der Waals surface area contributed by atoms with Crippen molar-refractivity contribution in [1.29, 1.82) is 0 Å². The number of nitrogens with one attached hydrogen (secondary N) is 1. The highest BCUT2D eigenvalue weighted by atomic mass is 16.1. The van der Waals surface area contributed by atoms with E-state index in [1.54, 1.807) is 0 Å². The summed E-state index contributed by atoms with van der Waals surface area (Å²) in [5.74, 6) is 1.62. The van der Waals surface area contributed by atoms with Crippen molar-refractivity contribution < 1.29 is 4.79 Å². The van der Waals surface area contributed by atoms with Crippen LogP contribution < -0.4 is 10.2 Å². The first-order chi connectivity index (χ1) is 11.2. The van der Waals surface area contributed by atoms with E-state index in [4.69, 9.17) is 0 Å². The van der Waals surface area contributed by atoms with Crippen molar-refractivity contribution in [2.45, 2.75) is 64.3 Å². The highest BCUT2D eigenvalue weighted by Gasteiger charge is 2.20. The summed E-state index contributed by atoms with van der Waals surface area (Å²) in [7, 11) is 0. The van der Waals surface area contributed by atoms with Crippen molar-refractivity contribution in [3.05, 3.63) is 18.1 Å². The average molecular weight is 316 g/mol. The predicted octanol–water partition coefficient (Wildman–Crippen LogP) is 3.17. The fraction of sp³-hybridized carbons (Fsp3) is 0.722. The van der Waals surface area contributed by atoms with Crippen LogP contribution in [0.4, 0.5) is 5.82 Å². The van der Waals surface area contributed by atoms with Gasteiger partial charge in [0.15, 0.2) is 0 Å². The lowest BCUT2D eigenvalue weighted by atomic mass is 9.99. The molecule has 5 heteroatoms. The van der Waals surface area contributed by atoms with E-state index in [-0.39, 0.29) is 5.91 Å². The van der Waals surface area contributed by atoms with E-state index < -0.39 is 0 Å². The van der Waals surface area contributed by atoms with Gasteiger partial charge in [-0.3, -0.25) is 4.79 Å². The molecule has 5 nitrogen and oxygen atoms in total. The standard InChI is InChI=1S/C18H28N4O/c1-14-8-10-22(11-9-14)17-12-16(19-13-20-17)18(23)21-15-6-4-2-3-5-7-15/h12-15H,2-11H2,1H3,(H,21,23). The van der Waals surface area contributed by atoms with Crippen molar-refractivity contribution >= 4 is 11.7 Å². The maximum atomic E-state index is 12.5. The summed E-state index contributed by atoms with van der Waals surface area (Å²) in [6, 6.07) is 2.15. The Morgan fingerprint density at radius 1 is 1.09 bits per heavy atom. The minimum Gasteiger partial charge on any atom is -0.356 e. The summed E-state index contributed by atoms with van der Waals surface area (Å²) in [4.78, 5) is 23.3. The topological polar surface area (TPSA) is 58.1 Å². The Hall–Kier alpha value is -1.65. The maximum absolute atomic E-state index is 12.5. The molecule has 1 saturated carbocycles. The van der Waals surface area contributed by atoms with Crippen LogP contribution in [0.5, 0.6) is 0 Å². The number of aromatic nitrogens is 2. The van der Waals surface area contributed by atoms with Crippen molar-refractivity contribution in [1.82, 2.24) is 15.3 Å². The SMILES string of the molecule is CC1CCN(c2cc(C(=O)NC3CCCCCC3)ncn2)CC1. The van der Waals surface area contributed by atoms with E-state index in [0.29, 0.717) is 11.7 Å². The molecule has 1 aliphatic heterocycles. The number of carbonyl (C=O) groups is 1. The second kappa shape index (κ2) is 7.75. The van der Waals surface area contributed by atoms with Crippen LogP contribution in [0, 0.1) is 5.92 Å². The van der Waals surface area contributed by atoms with Gasteiger partial charge in [0, 0.05) is 25.2 Å². The molecular formula is C18H28N4O. The van der Waals surface area contributed by atoms with Crippen LogP contribution in [0.15, 0.2) is 12.4 Å². The molecular weight excluding hydrogens is 288 g/mol. The van der Waals surface area contributed by atoms with Gasteiger partial charge >= 0.3 is 0 Å². The number of carbonyl (C=O) groups excluding carboxylic acids is 1. The first kappa shape index (κ1) is 16.2. The Balaban J connectivity index is 1.63. The summed E-state index contributed by atoms with van der Waals surface area (Å²) in [6.45, 7) is 4.33. The zero-order valence-electron chi connectivity index (χ0n) is 14.1. The number of nitrogens with zero attached hydrogens (tertiary/aromatic N) is 3. The van der Waals surface area contributed by atoms with E-state index in [9.17, 15) is 4.79 Å². The molecule has 1 aliphatic carbocycles. The minimum atomic E-state index is -0.0501. The van der Waals surface area contributed by atoms with Crippen molar-refractivity contribution in [3.8, 4) is 0 Å². The van der Waals surface area contributed by atoms with Crippen LogP contribution in [0.2, 0.25) is 0 Å². The van der Waals surface area contributed by atoms with Crippen LogP contribution in [0.3, 0.4) is 0 Å². The third kappa shape index (κ3) is 4.43. The molecule has 23 heavy (non-hydrogen) atoms. The molecule has 1 aromatic heterocycles. The fourth-order valence-corrected chi connectivity index (χ4v) is 3.56. The Bertz CT molecular complexity index is 518. The van der Waals surface area contributed by atoms with Crippen LogP contribution >= 0.6 is 0 Å². The van der Waals surface area contributed by atoms with E-state index in [0.717, 1.165) is 37.7 Å². The summed E-state index contributed by atoms with van der Waals surface area (Å²) in [5, 5.41) is 3.16. The molecule has 0 spiro atoms. The van der Waals surface area contributed by atoms with Gasteiger partial charge in [-0.05, 0) is 31.6 Å². The Kier molecular flexibility index (Phi) is 5.47. The highest BCUT2D eigenvalue weighted by molar-refractivity contribution is 5.93. The van der Waals surface area contributed by atoms with Crippen LogP contribution in [-0.4, -0.2) is 35.0 Å². The number of piperidine rings is 1. The minimum absolute atomic E-state index is 0.0501. The lowest BCUT2D eigenvalue weighted by Gasteiger charge is -2.31. The van der Waals surface area contributed by atoms with Crippen molar-refractivity contribution in [3.63, 3.8) is 0 Å². The molecule has 0 bridgehead atoms. The Morgan fingerprint density at radius 3 is 2.48 bits per heavy atom. The molecule has 126 valence electrons. The van der Waals surface area contributed by atoms with E-state index in [1.807, 2.05) is 6.07 Å². The Labute approximate surface area is 138 Å². The zero-order valence-corrected chi connectivity index (χ0v) is 14.1. The fourth-order valence-electron chi connectivity index (χ4n) is 3.56. The van der Waals surface area contributed by atoms with Gasteiger partial charge in [0.05, 0.1) is 0 Å². The van der Waals surface area contributed by atoms with Crippen LogP contribution in [0.25, 0.3) is 0 Å². The number of amides is 1. The molecule has 3 rings (SSSR count). The third-order valence-corrected chi connectivity index (χ3v) is 5.18. The lowest BCUT2D eigenvalue weighted by molar-refractivity contribution is 0.0928. The summed E-state index contributed by atoms with van der Waals surface area (Å²) in [5.41, 5.74) is 0.498. The molecule has 1 saturated heterocycles. The molecule has 2 aliphatic rings. The summed E-state index contributed by atoms with van der Waals surface area (Å²) >= 11 is 0. The van der Waals surface area contributed by atoms with Gasteiger partial charge in [-0.1, -0.05) is 32.6 Å². The zero-order chi connectivity index (χ0) is 16.1. The van der Waals surface area contributed by atoms with Gasteiger partial charge in [0.25, 0.3) is 5.91 Å². The number of rotatable bonds is 3. The van der Waals surface area contributed by atoms with Gasteiger partial charge in [0.1, 0.15) is 17.8 Å². The van der Waals surface area contributed by atoms with E-state index in [1.165, 1.54) is 44.9 Å². The molecule has 0 radical (unpaired) electrons. The van der Waals surface area contributed by atoms with E-state index >= 15 is 0 Å². The summed E-state index contributed by atoms with van der Waals surface area (Å²) in [6.07, 6.45) is 11.1. The Morgan fingerprint density at radius 2 is 1.78 bits per heavy atom. The van der Waals surface area contributed by atoms with Gasteiger partial charge in [-0.25, -0.2) is 9.97 Å². The summed E-state index contributed by atoms with van der Waals surface area (Å²) < 4.78 is 0. The molecule has 2 heterocycles. The van der Waals surface area contributed by atoms with Gasteiger partial charge in [-0.15, -0.1) is 0 Å². The molecule has 0 unspecified atom stereocenters. The number of hydrogen-bond donors (Lipinski definition) is 1.